The van der Waals surface area contributed by atoms with E-state index in [0.29, 0.717) is 24.3 Å². The summed E-state index contributed by atoms with van der Waals surface area (Å²) in [5.74, 6) is -0.181. The van der Waals surface area contributed by atoms with Crippen molar-refractivity contribution >= 4 is 16.9 Å². The van der Waals surface area contributed by atoms with Gasteiger partial charge in [-0.3, -0.25) is 9.36 Å². The third-order valence-electron chi connectivity index (χ3n) is 4.05. The lowest BCUT2D eigenvalue weighted by Crippen LogP contribution is -2.25. The van der Waals surface area contributed by atoms with Gasteiger partial charge in [0.05, 0.1) is 5.52 Å². The highest BCUT2D eigenvalue weighted by atomic mass is 16.5. The van der Waals surface area contributed by atoms with Crippen LogP contribution in [0.15, 0.2) is 27.4 Å². The van der Waals surface area contributed by atoms with Gasteiger partial charge in [-0.15, -0.1) is 0 Å². The summed E-state index contributed by atoms with van der Waals surface area (Å²) in [5, 5.41) is 0. The van der Waals surface area contributed by atoms with Crippen molar-refractivity contribution < 1.29 is 13.9 Å². The first-order chi connectivity index (χ1) is 10.1. The molecule has 5 heteroatoms. The standard InChI is InChI=1S/C16H19NO4/c1-3-7-17-12-5-4-11(9-13(12)21-16(17)19)14(18)15-10(2)6-8-20-15/h4-5,9-10,15H,3,6-8H2,1-2H3. The van der Waals surface area contributed by atoms with E-state index in [0.717, 1.165) is 18.4 Å². The number of carbonyl (C=O) groups excluding carboxylic acids is 1. The molecule has 0 saturated carbocycles. The summed E-state index contributed by atoms with van der Waals surface area (Å²) in [6.07, 6.45) is 1.37. The van der Waals surface area contributed by atoms with Crippen LogP contribution in [0.25, 0.3) is 11.1 Å². The maximum absolute atomic E-state index is 12.5. The lowest BCUT2D eigenvalue weighted by atomic mass is 9.96. The van der Waals surface area contributed by atoms with E-state index < -0.39 is 0 Å². The van der Waals surface area contributed by atoms with Crippen molar-refractivity contribution in [3.05, 3.63) is 34.3 Å². The van der Waals surface area contributed by atoms with Gasteiger partial charge in [-0.05, 0) is 37.0 Å². The fraction of sp³-hybridized carbons (Fsp3) is 0.500. The lowest BCUT2D eigenvalue weighted by molar-refractivity contribution is 0.0579. The van der Waals surface area contributed by atoms with E-state index >= 15 is 0 Å². The van der Waals surface area contributed by atoms with E-state index in [-0.39, 0.29) is 23.6 Å². The molecule has 5 nitrogen and oxygen atoms in total. The number of ketones is 1. The molecule has 1 aromatic heterocycles. The minimum Gasteiger partial charge on any atom is -0.408 e. The van der Waals surface area contributed by atoms with Gasteiger partial charge in [0.1, 0.15) is 6.10 Å². The van der Waals surface area contributed by atoms with Crippen LogP contribution >= 0.6 is 0 Å². The van der Waals surface area contributed by atoms with Gasteiger partial charge in [-0.25, -0.2) is 4.79 Å². The van der Waals surface area contributed by atoms with Crippen LogP contribution in [0.4, 0.5) is 0 Å². The molecule has 1 saturated heterocycles. The average molecular weight is 289 g/mol. The van der Waals surface area contributed by atoms with Crippen LogP contribution in [-0.4, -0.2) is 23.1 Å². The SMILES string of the molecule is CCCn1c(=O)oc2cc(C(=O)C3OCCC3C)ccc21. The normalized spacial score (nSPS) is 22.0. The van der Waals surface area contributed by atoms with Crippen molar-refractivity contribution in [1.29, 1.82) is 0 Å². The first kappa shape index (κ1) is 14.1. The highest BCUT2D eigenvalue weighted by Crippen LogP contribution is 2.25. The molecule has 2 unspecified atom stereocenters. The van der Waals surface area contributed by atoms with Crippen molar-refractivity contribution in [2.75, 3.05) is 6.61 Å². The Morgan fingerprint density at radius 3 is 2.90 bits per heavy atom. The number of aryl methyl sites for hydroxylation is 1. The minimum absolute atomic E-state index is 0.0345. The molecule has 1 aliphatic rings. The third-order valence-corrected chi connectivity index (χ3v) is 4.05. The van der Waals surface area contributed by atoms with Crippen molar-refractivity contribution in [2.45, 2.75) is 39.3 Å². The predicted molar refractivity (Wildman–Crippen MR) is 78.6 cm³/mol. The monoisotopic (exact) mass is 289 g/mol. The molecule has 1 aliphatic heterocycles. The fourth-order valence-electron chi connectivity index (χ4n) is 2.85. The molecule has 21 heavy (non-hydrogen) atoms. The zero-order valence-electron chi connectivity index (χ0n) is 12.3. The molecule has 2 atom stereocenters. The van der Waals surface area contributed by atoms with Crippen LogP contribution in [0.1, 0.15) is 37.0 Å². The molecule has 1 aromatic carbocycles. The van der Waals surface area contributed by atoms with Crippen LogP contribution < -0.4 is 5.76 Å². The highest BCUT2D eigenvalue weighted by molar-refractivity contribution is 6.01. The number of fused-ring (bicyclic) bond motifs is 1. The second-order valence-electron chi connectivity index (χ2n) is 5.62. The highest BCUT2D eigenvalue weighted by Gasteiger charge is 2.31. The summed E-state index contributed by atoms with van der Waals surface area (Å²) in [6, 6.07) is 5.18. The first-order valence-corrected chi connectivity index (χ1v) is 7.41. The Labute approximate surface area is 122 Å². The summed E-state index contributed by atoms with van der Waals surface area (Å²) in [6.45, 7) is 5.26. The Kier molecular flexibility index (Phi) is 3.68. The molecule has 112 valence electrons. The molecular weight excluding hydrogens is 270 g/mol. The Morgan fingerprint density at radius 2 is 2.24 bits per heavy atom. The molecule has 0 amide bonds. The molecule has 1 fully saturated rings. The second-order valence-corrected chi connectivity index (χ2v) is 5.62. The average Bonchev–Trinajstić information content (AvgIpc) is 3.02. The van der Waals surface area contributed by atoms with E-state index in [4.69, 9.17) is 9.15 Å². The number of ether oxygens (including phenoxy) is 1. The first-order valence-electron chi connectivity index (χ1n) is 7.41. The number of hydrogen-bond donors (Lipinski definition) is 0. The summed E-state index contributed by atoms with van der Waals surface area (Å²) < 4.78 is 12.4. The molecule has 0 N–H and O–H groups in total. The van der Waals surface area contributed by atoms with Gasteiger partial charge in [-0.1, -0.05) is 13.8 Å². The van der Waals surface area contributed by atoms with Gasteiger partial charge in [0.2, 0.25) is 0 Å². The smallest absolute Gasteiger partial charge is 0.408 e. The fourth-order valence-corrected chi connectivity index (χ4v) is 2.85. The number of Topliss-reactive ketones (excluding diaryl/α,β-unsaturated/α-hetero) is 1. The van der Waals surface area contributed by atoms with Crippen molar-refractivity contribution in [2.24, 2.45) is 5.92 Å². The number of benzene rings is 1. The van der Waals surface area contributed by atoms with Gasteiger partial charge < -0.3 is 9.15 Å². The number of aromatic nitrogens is 1. The summed E-state index contributed by atoms with van der Waals surface area (Å²) in [5.41, 5.74) is 1.74. The Morgan fingerprint density at radius 1 is 1.43 bits per heavy atom. The van der Waals surface area contributed by atoms with Crippen molar-refractivity contribution in [1.82, 2.24) is 4.57 Å². The number of nitrogens with zero attached hydrogens (tertiary/aromatic N) is 1. The van der Waals surface area contributed by atoms with Gasteiger partial charge >= 0.3 is 5.76 Å². The number of carbonyl (C=O) groups is 1. The van der Waals surface area contributed by atoms with E-state index in [1.54, 1.807) is 22.8 Å². The summed E-state index contributed by atoms with van der Waals surface area (Å²) >= 11 is 0. The molecule has 3 rings (SSSR count). The third kappa shape index (κ3) is 2.42. The summed E-state index contributed by atoms with van der Waals surface area (Å²) in [7, 11) is 0. The summed E-state index contributed by atoms with van der Waals surface area (Å²) in [4.78, 5) is 24.3. The predicted octanol–water partition coefficient (Wildman–Crippen LogP) is 2.61. The quantitative estimate of drug-likeness (QED) is 0.812. The minimum atomic E-state index is -0.383. The van der Waals surface area contributed by atoms with Gasteiger partial charge in [-0.2, -0.15) is 0 Å². The van der Waals surface area contributed by atoms with Crippen molar-refractivity contribution in [3.63, 3.8) is 0 Å². The Balaban J connectivity index is 1.98. The molecule has 0 aliphatic carbocycles. The molecule has 2 aromatic rings. The maximum Gasteiger partial charge on any atom is 0.419 e. The zero-order chi connectivity index (χ0) is 15.0. The second kappa shape index (κ2) is 5.48. The van der Waals surface area contributed by atoms with Crippen LogP contribution in [0.5, 0.6) is 0 Å². The molecule has 0 spiro atoms. The molecule has 2 heterocycles. The Bertz CT molecular complexity index is 727. The Hall–Kier alpha value is -1.88. The molecule has 0 bridgehead atoms. The lowest BCUT2D eigenvalue weighted by Gasteiger charge is -2.13. The topological polar surface area (TPSA) is 61.4 Å². The van der Waals surface area contributed by atoms with E-state index in [9.17, 15) is 9.59 Å². The van der Waals surface area contributed by atoms with Gasteiger partial charge in [0, 0.05) is 18.7 Å². The number of oxazole rings is 1. The molecular formula is C16H19NO4. The van der Waals surface area contributed by atoms with Crippen LogP contribution in [-0.2, 0) is 11.3 Å². The van der Waals surface area contributed by atoms with E-state index in [1.165, 1.54) is 0 Å². The van der Waals surface area contributed by atoms with Crippen molar-refractivity contribution in [3.8, 4) is 0 Å². The number of rotatable bonds is 4. The van der Waals surface area contributed by atoms with Crippen LogP contribution in [0.2, 0.25) is 0 Å². The van der Waals surface area contributed by atoms with Gasteiger partial charge in [0.25, 0.3) is 0 Å². The van der Waals surface area contributed by atoms with Crippen LogP contribution in [0, 0.1) is 5.92 Å². The van der Waals surface area contributed by atoms with Gasteiger partial charge in [0.15, 0.2) is 11.4 Å². The zero-order valence-corrected chi connectivity index (χ0v) is 12.3. The molecule has 0 radical (unpaired) electrons. The van der Waals surface area contributed by atoms with E-state index in [2.05, 4.69) is 0 Å². The largest absolute Gasteiger partial charge is 0.419 e. The number of hydrogen-bond acceptors (Lipinski definition) is 4. The van der Waals surface area contributed by atoms with E-state index in [1.807, 2.05) is 13.8 Å². The van der Waals surface area contributed by atoms with Crippen LogP contribution in [0.3, 0.4) is 0 Å². The maximum atomic E-state index is 12.5.